The number of hydrogen-bond donors (Lipinski definition) is 4. The van der Waals surface area contributed by atoms with E-state index in [1.807, 2.05) is 0 Å². The van der Waals surface area contributed by atoms with Gasteiger partial charge in [0.25, 0.3) is 0 Å². The Balaban J connectivity index is 1.90. The summed E-state index contributed by atoms with van der Waals surface area (Å²) in [6.07, 6.45) is 0. The average molecular weight is 424 g/mol. The first-order valence-corrected chi connectivity index (χ1v) is 9.99. The quantitative estimate of drug-likeness (QED) is 0.549. The van der Waals surface area contributed by atoms with Crippen molar-refractivity contribution in [2.24, 2.45) is 11.8 Å². The lowest BCUT2D eigenvalue weighted by Gasteiger charge is -2.29. The maximum absolute atomic E-state index is 13.5. The fourth-order valence-electron chi connectivity index (χ4n) is 4.92. The van der Waals surface area contributed by atoms with Crippen molar-refractivity contribution in [1.29, 1.82) is 0 Å². The van der Waals surface area contributed by atoms with Crippen molar-refractivity contribution in [3.8, 4) is 5.75 Å². The molecule has 4 unspecified atom stereocenters. The summed E-state index contributed by atoms with van der Waals surface area (Å²) in [5, 5.41) is 33.1. The fourth-order valence-corrected chi connectivity index (χ4v) is 4.92. The molecule has 8 heteroatoms. The van der Waals surface area contributed by atoms with Gasteiger partial charge in [-0.2, -0.15) is 0 Å². The van der Waals surface area contributed by atoms with E-state index in [0.29, 0.717) is 27.9 Å². The number of carbonyl (C=O) groups is 3. The van der Waals surface area contributed by atoms with Gasteiger partial charge in [0.05, 0.1) is 24.1 Å². The van der Waals surface area contributed by atoms with Crippen LogP contribution in [0.25, 0.3) is 0 Å². The molecule has 0 saturated carbocycles. The van der Waals surface area contributed by atoms with Gasteiger partial charge in [0.2, 0.25) is 11.8 Å². The zero-order valence-electron chi connectivity index (χ0n) is 17.4. The monoisotopic (exact) mass is 424 g/mol. The molecule has 31 heavy (non-hydrogen) atoms. The van der Waals surface area contributed by atoms with Crippen LogP contribution < -0.4 is 10.2 Å². The van der Waals surface area contributed by atoms with Crippen molar-refractivity contribution >= 4 is 23.5 Å². The Morgan fingerprint density at radius 1 is 1.06 bits per heavy atom. The second-order valence-electron chi connectivity index (χ2n) is 8.36. The van der Waals surface area contributed by atoms with E-state index in [0.717, 1.165) is 4.90 Å². The molecule has 2 aliphatic rings. The molecule has 2 aliphatic heterocycles. The fraction of sp³-hybridized carbons (Fsp3) is 0.348. The minimum atomic E-state index is -2.00. The predicted octanol–water partition coefficient (Wildman–Crippen LogP) is 1.58. The van der Waals surface area contributed by atoms with Gasteiger partial charge in [-0.15, -0.1) is 0 Å². The molecule has 2 amide bonds. The highest BCUT2D eigenvalue weighted by Crippen LogP contribution is 2.50. The van der Waals surface area contributed by atoms with E-state index in [9.17, 15) is 29.7 Å². The number of imide groups is 1. The smallest absolute Gasteiger partial charge is 0.327 e. The average Bonchev–Trinajstić information content (AvgIpc) is 3.21. The van der Waals surface area contributed by atoms with Gasteiger partial charge < -0.3 is 15.3 Å². The number of carboxylic acids is 1. The lowest BCUT2D eigenvalue weighted by molar-refractivity contribution is -0.150. The standard InChI is InChI=1S/C23H24N2O6/c1-11-6-4-5-7-15(11)25-20(28)16-17(21(25)29)23(10-26,22(30)31)24-18(16)14-8-12(2)19(27)13(3)9-14/h4-9,16-18,24,26-27H,10H2,1-3H3,(H,30,31). The summed E-state index contributed by atoms with van der Waals surface area (Å²) in [6, 6.07) is 9.41. The molecule has 0 radical (unpaired) electrons. The minimum Gasteiger partial charge on any atom is -0.507 e. The molecule has 0 aromatic heterocycles. The number of nitrogens with zero attached hydrogens (tertiary/aromatic N) is 1. The lowest BCUT2D eigenvalue weighted by atomic mass is 9.79. The van der Waals surface area contributed by atoms with Crippen LogP contribution in [0.5, 0.6) is 5.75 Å². The summed E-state index contributed by atoms with van der Waals surface area (Å²) in [5.41, 5.74) is 0.817. The molecule has 8 nitrogen and oxygen atoms in total. The summed E-state index contributed by atoms with van der Waals surface area (Å²) in [5.74, 6) is -4.74. The minimum absolute atomic E-state index is 0.111. The molecular weight excluding hydrogens is 400 g/mol. The maximum Gasteiger partial charge on any atom is 0.327 e. The normalized spacial score (nSPS) is 27.6. The van der Waals surface area contributed by atoms with Gasteiger partial charge in [0, 0.05) is 6.04 Å². The van der Waals surface area contributed by atoms with E-state index in [1.54, 1.807) is 57.2 Å². The first-order valence-electron chi connectivity index (χ1n) is 9.99. The molecule has 2 aromatic rings. The molecule has 0 spiro atoms. The molecular formula is C23H24N2O6. The lowest BCUT2D eigenvalue weighted by Crippen LogP contribution is -2.58. The molecule has 2 saturated heterocycles. The summed E-state index contributed by atoms with van der Waals surface area (Å²) >= 11 is 0. The number of aliphatic hydroxyl groups is 1. The van der Waals surface area contributed by atoms with Crippen molar-refractivity contribution in [3.05, 3.63) is 58.7 Å². The first-order chi connectivity index (χ1) is 14.6. The van der Waals surface area contributed by atoms with Crippen LogP contribution in [-0.4, -0.2) is 45.2 Å². The summed E-state index contributed by atoms with van der Waals surface area (Å²) < 4.78 is 0. The van der Waals surface area contributed by atoms with Gasteiger partial charge in [-0.05, 0) is 49.1 Å². The Kier molecular flexibility index (Phi) is 4.87. The zero-order valence-corrected chi connectivity index (χ0v) is 17.4. The molecule has 4 N–H and O–H groups in total. The number of rotatable bonds is 4. The Morgan fingerprint density at radius 3 is 2.23 bits per heavy atom. The molecule has 2 heterocycles. The number of fused-ring (bicyclic) bond motifs is 1. The third kappa shape index (κ3) is 2.86. The number of carboxylic acid groups (broad SMARTS) is 1. The van der Waals surface area contributed by atoms with Crippen LogP contribution in [-0.2, 0) is 14.4 Å². The van der Waals surface area contributed by atoms with E-state index in [2.05, 4.69) is 5.32 Å². The van der Waals surface area contributed by atoms with E-state index in [1.165, 1.54) is 0 Å². The van der Waals surface area contributed by atoms with Crippen LogP contribution in [0.2, 0.25) is 0 Å². The van der Waals surface area contributed by atoms with Crippen molar-refractivity contribution in [1.82, 2.24) is 5.32 Å². The number of para-hydroxylation sites is 1. The predicted molar refractivity (Wildman–Crippen MR) is 112 cm³/mol. The highest BCUT2D eigenvalue weighted by atomic mass is 16.4. The Hall–Kier alpha value is -3.23. The van der Waals surface area contributed by atoms with Crippen LogP contribution in [0.1, 0.15) is 28.3 Å². The zero-order chi connectivity index (χ0) is 22.7. The number of amides is 2. The van der Waals surface area contributed by atoms with E-state index >= 15 is 0 Å². The number of anilines is 1. The van der Waals surface area contributed by atoms with Crippen LogP contribution >= 0.6 is 0 Å². The maximum atomic E-state index is 13.5. The molecule has 0 aliphatic carbocycles. The number of hydrogen-bond acceptors (Lipinski definition) is 6. The SMILES string of the molecule is Cc1ccccc1N1C(=O)C2C(c3cc(C)c(O)c(C)c3)NC(CO)(C(=O)O)C2C1=O. The molecule has 2 aromatic carbocycles. The number of aliphatic carboxylic acids is 1. The number of carbonyl (C=O) groups excluding carboxylic acids is 2. The summed E-state index contributed by atoms with van der Waals surface area (Å²) in [6.45, 7) is 4.33. The van der Waals surface area contributed by atoms with Crippen LogP contribution in [0.3, 0.4) is 0 Å². The molecule has 0 bridgehead atoms. The Bertz CT molecular complexity index is 1090. The van der Waals surface area contributed by atoms with E-state index in [4.69, 9.17) is 0 Å². The van der Waals surface area contributed by atoms with Crippen molar-refractivity contribution < 1.29 is 29.7 Å². The number of aliphatic hydroxyl groups excluding tert-OH is 1. The van der Waals surface area contributed by atoms with E-state index in [-0.39, 0.29) is 5.75 Å². The van der Waals surface area contributed by atoms with E-state index < -0.39 is 47.8 Å². The summed E-state index contributed by atoms with van der Waals surface area (Å²) in [7, 11) is 0. The second-order valence-corrected chi connectivity index (χ2v) is 8.36. The van der Waals surface area contributed by atoms with Crippen LogP contribution in [0.15, 0.2) is 36.4 Å². The highest BCUT2D eigenvalue weighted by Gasteiger charge is 2.68. The third-order valence-electron chi connectivity index (χ3n) is 6.51. The van der Waals surface area contributed by atoms with Gasteiger partial charge in [-0.3, -0.25) is 19.7 Å². The van der Waals surface area contributed by atoms with Crippen LogP contribution in [0.4, 0.5) is 5.69 Å². The molecule has 2 fully saturated rings. The van der Waals surface area contributed by atoms with Crippen molar-refractivity contribution in [3.63, 3.8) is 0 Å². The number of phenols is 1. The Labute approximate surface area is 179 Å². The summed E-state index contributed by atoms with van der Waals surface area (Å²) in [4.78, 5) is 40.3. The van der Waals surface area contributed by atoms with Gasteiger partial charge in [-0.1, -0.05) is 30.3 Å². The largest absolute Gasteiger partial charge is 0.507 e. The second kappa shape index (κ2) is 7.18. The number of benzene rings is 2. The number of aryl methyl sites for hydroxylation is 3. The van der Waals surface area contributed by atoms with Crippen LogP contribution in [0, 0.1) is 32.6 Å². The van der Waals surface area contributed by atoms with Gasteiger partial charge in [0.1, 0.15) is 5.75 Å². The van der Waals surface area contributed by atoms with Gasteiger partial charge in [-0.25, -0.2) is 4.90 Å². The number of aromatic hydroxyl groups is 1. The van der Waals surface area contributed by atoms with Gasteiger partial charge in [0.15, 0.2) is 5.54 Å². The topological polar surface area (TPSA) is 127 Å². The number of nitrogens with one attached hydrogen (secondary N) is 1. The molecule has 4 atom stereocenters. The molecule has 162 valence electrons. The Morgan fingerprint density at radius 2 is 1.68 bits per heavy atom. The highest BCUT2D eigenvalue weighted by molar-refractivity contribution is 6.24. The third-order valence-corrected chi connectivity index (χ3v) is 6.51. The first kappa shape index (κ1) is 21.0. The van der Waals surface area contributed by atoms with Gasteiger partial charge >= 0.3 is 5.97 Å². The van der Waals surface area contributed by atoms with Crippen molar-refractivity contribution in [2.75, 3.05) is 11.5 Å². The number of phenolic OH excluding ortho intramolecular Hbond substituents is 1. The van der Waals surface area contributed by atoms with Crippen molar-refractivity contribution in [2.45, 2.75) is 32.4 Å². The molecule has 4 rings (SSSR count).